The Morgan fingerprint density at radius 2 is 1.90 bits per heavy atom. The van der Waals surface area contributed by atoms with E-state index in [1.165, 1.54) is 19.2 Å². The predicted molar refractivity (Wildman–Crippen MR) is 83.1 cm³/mol. The highest BCUT2D eigenvalue weighted by molar-refractivity contribution is 9.08. The van der Waals surface area contributed by atoms with Crippen LogP contribution in [0.25, 0.3) is 0 Å². The van der Waals surface area contributed by atoms with Gasteiger partial charge in [0.15, 0.2) is 0 Å². The SMILES string of the molecule is COc1ccc([N+](=O)[O-])cc1COc1ccccc1CBr. The molecule has 6 heteroatoms. The summed E-state index contributed by atoms with van der Waals surface area (Å²) in [6.07, 6.45) is 0. The van der Waals surface area contributed by atoms with Crippen molar-refractivity contribution < 1.29 is 14.4 Å². The third-order valence-corrected chi connectivity index (χ3v) is 3.58. The quantitative estimate of drug-likeness (QED) is 0.447. The van der Waals surface area contributed by atoms with Crippen molar-refractivity contribution in [2.75, 3.05) is 7.11 Å². The molecule has 0 aliphatic carbocycles. The van der Waals surface area contributed by atoms with Crippen molar-refractivity contribution in [3.63, 3.8) is 0 Å². The summed E-state index contributed by atoms with van der Waals surface area (Å²) in [5, 5.41) is 11.5. The van der Waals surface area contributed by atoms with Crippen LogP contribution in [0.2, 0.25) is 0 Å². The third kappa shape index (κ3) is 3.72. The van der Waals surface area contributed by atoms with Crippen LogP contribution in [-0.2, 0) is 11.9 Å². The van der Waals surface area contributed by atoms with Crippen LogP contribution in [0, 0.1) is 10.1 Å². The average molecular weight is 352 g/mol. The molecule has 0 atom stereocenters. The molecule has 0 saturated carbocycles. The van der Waals surface area contributed by atoms with E-state index in [0.717, 1.165) is 11.3 Å². The van der Waals surface area contributed by atoms with Gasteiger partial charge >= 0.3 is 0 Å². The molecular formula is C15H14BrNO4. The Morgan fingerprint density at radius 1 is 1.14 bits per heavy atom. The predicted octanol–water partition coefficient (Wildman–Crippen LogP) is 4.08. The summed E-state index contributed by atoms with van der Waals surface area (Å²) in [4.78, 5) is 10.4. The molecule has 0 unspecified atom stereocenters. The lowest BCUT2D eigenvalue weighted by Gasteiger charge is -2.12. The number of methoxy groups -OCH3 is 1. The molecule has 0 bridgehead atoms. The van der Waals surface area contributed by atoms with E-state index in [2.05, 4.69) is 15.9 Å². The molecule has 5 nitrogen and oxygen atoms in total. The second kappa shape index (κ2) is 7.08. The monoisotopic (exact) mass is 351 g/mol. The molecule has 0 aliphatic rings. The highest BCUT2D eigenvalue weighted by Gasteiger charge is 2.12. The van der Waals surface area contributed by atoms with Gasteiger partial charge < -0.3 is 9.47 Å². The fraction of sp³-hybridized carbons (Fsp3) is 0.200. The molecule has 0 radical (unpaired) electrons. The third-order valence-electron chi connectivity index (χ3n) is 2.97. The molecule has 2 aromatic carbocycles. The van der Waals surface area contributed by atoms with Gasteiger partial charge in [-0.2, -0.15) is 0 Å². The van der Waals surface area contributed by atoms with Gasteiger partial charge in [-0.05, 0) is 12.1 Å². The standard InChI is InChI=1S/C15H14BrNO4/c1-20-14-7-6-13(17(18)19)8-12(14)10-21-15-5-3-2-4-11(15)9-16/h2-8H,9-10H2,1H3. The van der Waals surface area contributed by atoms with Crippen LogP contribution in [0.15, 0.2) is 42.5 Å². The van der Waals surface area contributed by atoms with E-state index in [9.17, 15) is 10.1 Å². The van der Waals surface area contributed by atoms with Crippen LogP contribution in [0.5, 0.6) is 11.5 Å². The maximum absolute atomic E-state index is 10.8. The largest absolute Gasteiger partial charge is 0.496 e. The van der Waals surface area contributed by atoms with Crippen LogP contribution in [0.4, 0.5) is 5.69 Å². The lowest BCUT2D eigenvalue weighted by Crippen LogP contribution is -2.01. The molecule has 0 amide bonds. The van der Waals surface area contributed by atoms with Crippen LogP contribution in [-0.4, -0.2) is 12.0 Å². The molecule has 0 fully saturated rings. The second-order valence-corrected chi connectivity index (χ2v) is 4.84. The molecule has 2 aromatic rings. The van der Waals surface area contributed by atoms with Gasteiger partial charge in [0, 0.05) is 28.6 Å². The number of hydrogen-bond acceptors (Lipinski definition) is 4. The zero-order chi connectivity index (χ0) is 15.2. The molecular weight excluding hydrogens is 338 g/mol. The van der Waals surface area contributed by atoms with Gasteiger partial charge in [0.1, 0.15) is 18.1 Å². The first-order chi connectivity index (χ1) is 10.2. The molecule has 0 heterocycles. The van der Waals surface area contributed by atoms with E-state index in [1.807, 2.05) is 24.3 Å². The first kappa shape index (κ1) is 15.3. The number of halogens is 1. The normalized spacial score (nSPS) is 10.2. The first-order valence-electron chi connectivity index (χ1n) is 6.23. The maximum Gasteiger partial charge on any atom is 0.270 e. The lowest BCUT2D eigenvalue weighted by molar-refractivity contribution is -0.385. The minimum atomic E-state index is -0.435. The number of nitrogens with zero attached hydrogens (tertiary/aromatic N) is 1. The zero-order valence-corrected chi connectivity index (χ0v) is 13.0. The summed E-state index contributed by atoms with van der Waals surface area (Å²) < 4.78 is 11.0. The number of benzene rings is 2. The van der Waals surface area contributed by atoms with Gasteiger partial charge in [-0.25, -0.2) is 0 Å². The summed E-state index contributed by atoms with van der Waals surface area (Å²) in [6, 6.07) is 12.1. The second-order valence-electron chi connectivity index (χ2n) is 4.28. The van der Waals surface area contributed by atoms with E-state index in [0.29, 0.717) is 16.6 Å². The van der Waals surface area contributed by atoms with Crippen molar-refractivity contribution in [3.8, 4) is 11.5 Å². The number of nitro benzene ring substituents is 1. The number of ether oxygens (including phenoxy) is 2. The minimum Gasteiger partial charge on any atom is -0.496 e. The van der Waals surface area contributed by atoms with Crippen LogP contribution < -0.4 is 9.47 Å². The number of hydrogen-bond donors (Lipinski definition) is 0. The topological polar surface area (TPSA) is 61.6 Å². The number of alkyl halides is 1. The fourth-order valence-corrected chi connectivity index (χ4v) is 2.37. The zero-order valence-electron chi connectivity index (χ0n) is 11.4. The highest BCUT2D eigenvalue weighted by atomic mass is 79.9. The summed E-state index contributed by atoms with van der Waals surface area (Å²) >= 11 is 3.40. The van der Waals surface area contributed by atoms with Crippen molar-refractivity contribution in [2.24, 2.45) is 0 Å². The van der Waals surface area contributed by atoms with E-state index in [1.54, 1.807) is 6.07 Å². The van der Waals surface area contributed by atoms with Gasteiger partial charge in [-0.15, -0.1) is 0 Å². The van der Waals surface area contributed by atoms with Gasteiger partial charge in [0.05, 0.1) is 12.0 Å². The summed E-state index contributed by atoms with van der Waals surface area (Å²) in [6.45, 7) is 0.203. The van der Waals surface area contributed by atoms with Crippen LogP contribution in [0.3, 0.4) is 0 Å². The van der Waals surface area contributed by atoms with Gasteiger partial charge in [-0.3, -0.25) is 10.1 Å². The molecule has 0 N–H and O–H groups in total. The Bertz CT molecular complexity index is 645. The number of non-ortho nitro benzene ring substituents is 1. The molecule has 2 rings (SSSR count). The van der Waals surface area contributed by atoms with Crippen molar-refractivity contribution >= 4 is 21.6 Å². The summed E-state index contributed by atoms with van der Waals surface area (Å²) in [5.41, 5.74) is 1.67. The average Bonchev–Trinajstić information content (AvgIpc) is 2.52. The van der Waals surface area contributed by atoms with Gasteiger partial charge in [0.25, 0.3) is 5.69 Å². The summed E-state index contributed by atoms with van der Waals surface area (Å²) in [5.74, 6) is 1.31. The number of rotatable bonds is 6. The number of nitro groups is 1. The molecule has 0 saturated heterocycles. The number of para-hydroxylation sites is 1. The first-order valence-corrected chi connectivity index (χ1v) is 7.36. The Balaban J connectivity index is 2.22. The summed E-state index contributed by atoms with van der Waals surface area (Å²) in [7, 11) is 1.52. The van der Waals surface area contributed by atoms with E-state index < -0.39 is 4.92 Å². The Kier molecular flexibility index (Phi) is 5.16. The maximum atomic E-state index is 10.8. The Morgan fingerprint density at radius 3 is 2.57 bits per heavy atom. The van der Waals surface area contributed by atoms with Crippen LogP contribution >= 0.6 is 15.9 Å². The van der Waals surface area contributed by atoms with Crippen molar-refractivity contribution in [3.05, 3.63) is 63.7 Å². The molecule has 110 valence electrons. The molecule has 0 aromatic heterocycles. The molecule has 21 heavy (non-hydrogen) atoms. The highest BCUT2D eigenvalue weighted by Crippen LogP contribution is 2.27. The van der Waals surface area contributed by atoms with E-state index in [4.69, 9.17) is 9.47 Å². The van der Waals surface area contributed by atoms with Gasteiger partial charge in [-0.1, -0.05) is 34.1 Å². The van der Waals surface area contributed by atoms with Crippen molar-refractivity contribution in [1.29, 1.82) is 0 Å². The van der Waals surface area contributed by atoms with Crippen molar-refractivity contribution in [1.82, 2.24) is 0 Å². The smallest absolute Gasteiger partial charge is 0.270 e. The molecule has 0 spiro atoms. The molecule has 0 aliphatic heterocycles. The van der Waals surface area contributed by atoms with Crippen LogP contribution in [0.1, 0.15) is 11.1 Å². The lowest BCUT2D eigenvalue weighted by atomic mass is 10.2. The van der Waals surface area contributed by atoms with Crippen molar-refractivity contribution in [2.45, 2.75) is 11.9 Å². The Labute approximate surface area is 130 Å². The minimum absolute atomic E-state index is 0.0168. The van der Waals surface area contributed by atoms with E-state index >= 15 is 0 Å². The fourth-order valence-electron chi connectivity index (χ4n) is 1.90. The Hall–Kier alpha value is -2.08. The van der Waals surface area contributed by atoms with E-state index in [-0.39, 0.29) is 12.3 Å². The van der Waals surface area contributed by atoms with Gasteiger partial charge in [0.2, 0.25) is 0 Å².